The van der Waals surface area contributed by atoms with E-state index in [0.717, 1.165) is 5.56 Å². The Morgan fingerprint density at radius 2 is 1.81 bits per heavy atom. The monoisotopic (exact) mass is 468 g/mol. The number of hydrogen-bond acceptors (Lipinski definition) is 7. The number of aromatic nitrogens is 2. The molecule has 0 aliphatic heterocycles. The van der Waals surface area contributed by atoms with Crippen molar-refractivity contribution in [1.29, 1.82) is 0 Å². The number of nitrogens with zero attached hydrogens (tertiary/aromatic N) is 2. The van der Waals surface area contributed by atoms with Crippen LogP contribution in [0.3, 0.4) is 0 Å². The van der Waals surface area contributed by atoms with Crippen LogP contribution in [0.4, 0.5) is 10.5 Å². The van der Waals surface area contributed by atoms with Gasteiger partial charge in [0.2, 0.25) is 11.8 Å². The van der Waals surface area contributed by atoms with E-state index in [-0.39, 0.29) is 10.8 Å². The van der Waals surface area contributed by atoms with Crippen molar-refractivity contribution >= 4 is 40.6 Å². The number of rotatable bonds is 6. The minimum atomic E-state index is -0.752. The highest BCUT2D eigenvalue weighted by atomic mass is 35.5. The number of thiophene rings is 1. The van der Waals surface area contributed by atoms with Crippen molar-refractivity contribution in [2.45, 2.75) is 6.04 Å². The third kappa shape index (κ3) is 4.79. The van der Waals surface area contributed by atoms with E-state index in [1.165, 1.54) is 18.4 Å². The van der Waals surface area contributed by atoms with Gasteiger partial charge in [-0.1, -0.05) is 41.9 Å². The molecule has 0 saturated heterocycles. The smallest absolute Gasteiger partial charge is 0.350 e. The van der Waals surface area contributed by atoms with Crippen molar-refractivity contribution < 1.29 is 18.7 Å². The van der Waals surface area contributed by atoms with Gasteiger partial charge in [-0.15, -0.1) is 21.5 Å². The first-order valence-corrected chi connectivity index (χ1v) is 10.7. The average Bonchev–Trinajstić information content (AvgIpc) is 3.48. The van der Waals surface area contributed by atoms with Gasteiger partial charge in [0, 0.05) is 10.6 Å². The summed E-state index contributed by atoms with van der Waals surface area (Å²) in [6.07, 6.45) is 0. The van der Waals surface area contributed by atoms with Gasteiger partial charge < -0.3 is 19.8 Å². The summed E-state index contributed by atoms with van der Waals surface area (Å²) in [6.45, 7) is 0. The number of hydrogen-bond donors (Lipinski definition) is 2. The Balaban J connectivity index is 1.60. The molecule has 2 aromatic carbocycles. The molecule has 0 bridgehead atoms. The third-order valence-corrected chi connectivity index (χ3v) is 5.62. The van der Waals surface area contributed by atoms with E-state index >= 15 is 0 Å². The Bertz CT molecular complexity index is 1220. The number of anilines is 1. The highest BCUT2D eigenvalue weighted by Crippen LogP contribution is 2.27. The fourth-order valence-corrected chi connectivity index (χ4v) is 3.83. The summed E-state index contributed by atoms with van der Waals surface area (Å²) in [5, 5.41) is 16.0. The number of benzene rings is 2. The maximum absolute atomic E-state index is 12.8. The first-order chi connectivity index (χ1) is 15.5. The number of carbonyl (C=O) groups excluding carboxylic acids is 2. The standard InChI is InChI=1S/C22H17ClN4O4S/c1-30-21(28)18-16(11-12-32-18)24-22(29)25-17(13-7-9-15(23)10-8-13)20-27-26-19(31-20)14-5-3-2-4-6-14/h2-12,17H,1H3,(H2,24,25,29). The van der Waals surface area contributed by atoms with Crippen LogP contribution in [-0.4, -0.2) is 29.3 Å². The predicted octanol–water partition coefficient (Wildman–Crippen LogP) is 5.15. The number of amides is 2. The van der Waals surface area contributed by atoms with Gasteiger partial charge in [0.05, 0.1) is 12.8 Å². The van der Waals surface area contributed by atoms with E-state index in [9.17, 15) is 9.59 Å². The molecule has 10 heteroatoms. The highest BCUT2D eigenvalue weighted by molar-refractivity contribution is 7.12. The van der Waals surface area contributed by atoms with Crippen LogP contribution in [0.2, 0.25) is 5.02 Å². The highest BCUT2D eigenvalue weighted by Gasteiger charge is 2.25. The van der Waals surface area contributed by atoms with Crippen molar-refractivity contribution in [2.24, 2.45) is 0 Å². The quantitative estimate of drug-likeness (QED) is 0.379. The van der Waals surface area contributed by atoms with Crippen molar-refractivity contribution in [3.05, 3.63) is 87.4 Å². The normalized spacial score (nSPS) is 11.6. The summed E-state index contributed by atoms with van der Waals surface area (Å²) in [4.78, 5) is 25.0. The van der Waals surface area contributed by atoms with Gasteiger partial charge in [-0.2, -0.15) is 0 Å². The summed E-state index contributed by atoms with van der Waals surface area (Å²) in [6, 6.07) is 16.5. The van der Waals surface area contributed by atoms with Crippen molar-refractivity contribution in [3.63, 3.8) is 0 Å². The number of halogens is 1. The molecule has 2 aromatic heterocycles. The van der Waals surface area contributed by atoms with Gasteiger partial charge in [0.25, 0.3) is 0 Å². The molecule has 0 aliphatic carbocycles. The third-order valence-electron chi connectivity index (χ3n) is 4.47. The zero-order valence-electron chi connectivity index (χ0n) is 16.7. The van der Waals surface area contributed by atoms with Crippen LogP contribution in [0.15, 0.2) is 70.5 Å². The van der Waals surface area contributed by atoms with E-state index < -0.39 is 18.0 Å². The molecule has 4 aromatic rings. The van der Waals surface area contributed by atoms with E-state index in [1.54, 1.807) is 35.7 Å². The molecular weight excluding hydrogens is 452 g/mol. The van der Waals surface area contributed by atoms with Crippen LogP contribution in [0.1, 0.15) is 27.2 Å². The maximum Gasteiger partial charge on any atom is 0.350 e. The summed E-state index contributed by atoms with van der Waals surface area (Å²) in [5.41, 5.74) is 1.78. The first-order valence-electron chi connectivity index (χ1n) is 9.42. The molecular formula is C22H17ClN4O4S. The molecule has 2 amide bonds. The minimum Gasteiger partial charge on any atom is -0.465 e. The second kappa shape index (κ2) is 9.63. The van der Waals surface area contributed by atoms with E-state index in [2.05, 4.69) is 20.8 Å². The fourth-order valence-electron chi connectivity index (χ4n) is 2.94. The predicted molar refractivity (Wildman–Crippen MR) is 121 cm³/mol. The molecule has 4 rings (SSSR count). The van der Waals surface area contributed by atoms with Crippen molar-refractivity contribution in [1.82, 2.24) is 15.5 Å². The summed E-state index contributed by atoms with van der Waals surface area (Å²) in [5.74, 6) is -0.0126. The SMILES string of the molecule is COC(=O)c1sccc1NC(=O)NC(c1ccc(Cl)cc1)c1nnc(-c2ccccc2)o1. The summed E-state index contributed by atoms with van der Waals surface area (Å²) < 4.78 is 10.6. The lowest BCUT2D eigenvalue weighted by Gasteiger charge is -2.16. The van der Waals surface area contributed by atoms with Gasteiger partial charge in [-0.3, -0.25) is 0 Å². The lowest BCUT2D eigenvalue weighted by atomic mass is 10.1. The molecule has 1 atom stereocenters. The van der Waals surface area contributed by atoms with Gasteiger partial charge in [-0.25, -0.2) is 9.59 Å². The van der Waals surface area contributed by atoms with Crippen LogP contribution in [0.5, 0.6) is 0 Å². The second-order valence-corrected chi connectivity index (χ2v) is 7.90. The molecule has 2 N–H and O–H groups in total. The Hall–Kier alpha value is -3.69. The molecule has 32 heavy (non-hydrogen) atoms. The van der Waals surface area contributed by atoms with Crippen LogP contribution < -0.4 is 10.6 Å². The van der Waals surface area contributed by atoms with Gasteiger partial charge in [0.1, 0.15) is 10.9 Å². The first kappa shape index (κ1) is 21.5. The van der Waals surface area contributed by atoms with Crippen LogP contribution in [-0.2, 0) is 4.74 Å². The largest absolute Gasteiger partial charge is 0.465 e. The molecule has 0 fully saturated rings. The Labute approximate surface area is 192 Å². The average molecular weight is 469 g/mol. The Morgan fingerprint density at radius 1 is 1.06 bits per heavy atom. The summed E-state index contributed by atoms with van der Waals surface area (Å²) >= 11 is 7.18. The number of methoxy groups -OCH3 is 1. The molecule has 0 aliphatic rings. The van der Waals surface area contributed by atoms with Crippen molar-refractivity contribution in [2.75, 3.05) is 12.4 Å². The van der Waals surface area contributed by atoms with Gasteiger partial charge in [0.15, 0.2) is 0 Å². The topological polar surface area (TPSA) is 106 Å². The van der Waals surface area contributed by atoms with E-state index in [0.29, 0.717) is 22.2 Å². The van der Waals surface area contributed by atoms with Crippen LogP contribution in [0, 0.1) is 0 Å². The van der Waals surface area contributed by atoms with Gasteiger partial charge in [-0.05, 0) is 41.3 Å². The molecule has 2 heterocycles. The maximum atomic E-state index is 12.8. The zero-order valence-corrected chi connectivity index (χ0v) is 18.3. The second-order valence-electron chi connectivity index (χ2n) is 6.55. The number of esters is 1. The fraction of sp³-hybridized carbons (Fsp3) is 0.0909. The van der Waals surface area contributed by atoms with E-state index in [4.69, 9.17) is 20.8 Å². The lowest BCUT2D eigenvalue weighted by molar-refractivity contribution is 0.0607. The molecule has 0 spiro atoms. The lowest BCUT2D eigenvalue weighted by Crippen LogP contribution is -2.33. The zero-order chi connectivity index (χ0) is 22.5. The van der Waals surface area contributed by atoms with Crippen LogP contribution >= 0.6 is 22.9 Å². The molecule has 0 saturated carbocycles. The number of carbonyl (C=O) groups is 2. The minimum absolute atomic E-state index is 0.194. The van der Waals surface area contributed by atoms with Crippen molar-refractivity contribution in [3.8, 4) is 11.5 Å². The molecule has 8 nitrogen and oxygen atoms in total. The summed E-state index contributed by atoms with van der Waals surface area (Å²) in [7, 11) is 1.28. The molecule has 162 valence electrons. The number of nitrogens with one attached hydrogen (secondary N) is 2. The van der Waals surface area contributed by atoms with E-state index in [1.807, 2.05) is 30.3 Å². The number of urea groups is 1. The number of ether oxygens (including phenoxy) is 1. The van der Waals surface area contributed by atoms with Gasteiger partial charge >= 0.3 is 12.0 Å². The molecule has 0 radical (unpaired) electrons. The van der Waals surface area contributed by atoms with Crippen LogP contribution in [0.25, 0.3) is 11.5 Å². The Morgan fingerprint density at radius 3 is 2.53 bits per heavy atom. The molecule has 1 unspecified atom stereocenters. The Kier molecular flexibility index (Phi) is 6.48.